The quantitative estimate of drug-likeness (QED) is 0.503. The summed E-state index contributed by atoms with van der Waals surface area (Å²) in [6.07, 6.45) is 1.38. The van der Waals surface area contributed by atoms with Gasteiger partial charge in [-0.05, 0) is 89.4 Å². The van der Waals surface area contributed by atoms with Gasteiger partial charge in [0.05, 0.1) is 24.6 Å². The third-order valence-corrected chi connectivity index (χ3v) is 6.22. The number of amides is 1. The Morgan fingerprint density at radius 2 is 1.79 bits per heavy atom. The third kappa shape index (κ3) is 4.27. The van der Waals surface area contributed by atoms with Crippen molar-refractivity contribution in [2.75, 3.05) is 14.2 Å². The number of carbonyl (C=O) groups is 1. The van der Waals surface area contributed by atoms with Gasteiger partial charge in [-0.1, -0.05) is 0 Å². The molecular formula is C27H32FN3O3. The SMILES string of the molecule is COc1cc2c(cc1OC(C)C)-c1c(c(C(=O)N(C)C(C)(C)C)nn1-c1ccc(F)cc1)CC2. The van der Waals surface area contributed by atoms with Crippen LogP contribution in [0.5, 0.6) is 11.5 Å². The monoisotopic (exact) mass is 465 g/mol. The summed E-state index contributed by atoms with van der Waals surface area (Å²) in [7, 11) is 3.42. The summed E-state index contributed by atoms with van der Waals surface area (Å²) in [6, 6.07) is 10.1. The zero-order valence-corrected chi connectivity index (χ0v) is 20.9. The summed E-state index contributed by atoms with van der Waals surface area (Å²) in [5, 5.41) is 4.79. The van der Waals surface area contributed by atoms with E-state index in [2.05, 4.69) is 0 Å². The lowest BCUT2D eigenvalue weighted by Crippen LogP contribution is -2.43. The first-order valence-electron chi connectivity index (χ1n) is 11.5. The predicted molar refractivity (Wildman–Crippen MR) is 131 cm³/mol. The lowest BCUT2D eigenvalue weighted by molar-refractivity contribution is 0.0648. The summed E-state index contributed by atoms with van der Waals surface area (Å²) in [5.41, 5.74) is 4.49. The van der Waals surface area contributed by atoms with E-state index in [4.69, 9.17) is 14.6 Å². The average molecular weight is 466 g/mol. The molecule has 0 saturated heterocycles. The van der Waals surface area contributed by atoms with Gasteiger partial charge in [0.1, 0.15) is 5.82 Å². The van der Waals surface area contributed by atoms with E-state index in [-0.39, 0.29) is 23.4 Å². The van der Waals surface area contributed by atoms with Crippen LogP contribution in [0.4, 0.5) is 4.39 Å². The fourth-order valence-corrected chi connectivity index (χ4v) is 4.16. The number of benzene rings is 2. The minimum Gasteiger partial charge on any atom is -0.493 e. The van der Waals surface area contributed by atoms with Crippen molar-refractivity contribution in [2.24, 2.45) is 0 Å². The fourth-order valence-electron chi connectivity index (χ4n) is 4.16. The maximum Gasteiger partial charge on any atom is 0.274 e. The molecule has 0 atom stereocenters. The largest absolute Gasteiger partial charge is 0.493 e. The van der Waals surface area contributed by atoms with Crippen LogP contribution in [0.3, 0.4) is 0 Å². The molecule has 0 fully saturated rings. The Labute approximate surface area is 200 Å². The average Bonchev–Trinajstić information content (AvgIpc) is 3.17. The van der Waals surface area contributed by atoms with Gasteiger partial charge in [0.15, 0.2) is 17.2 Å². The van der Waals surface area contributed by atoms with E-state index in [1.165, 1.54) is 12.1 Å². The Bertz CT molecular complexity index is 1220. The molecule has 1 aliphatic rings. The van der Waals surface area contributed by atoms with Crippen molar-refractivity contribution in [1.29, 1.82) is 0 Å². The van der Waals surface area contributed by atoms with Gasteiger partial charge < -0.3 is 14.4 Å². The first-order chi connectivity index (χ1) is 16.0. The number of methoxy groups -OCH3 is 1. The highest BCUT2D eigenvalue weighted by atomic mass is 19.1. The molecule has 1 heterocycles. The summed E-state index contributed by atoms with van der Waals surface area (Å²) in [4.78, 5) is 15.2. The van der Waals surface area contributed by atoms with Gasteiger partial charge in [0.25, 0.3) is 5.91 Å². The third-order valence-electron chi connectivity index (χ3n) is 6.22. The number of hydrogen-bond donors (Lipinski definition) is 0. The molecule has 0 saturated carbocycles. The number of aromatic nitrogens is 2. The second-order valence-electron chi connectivity index (χ2n) is 9.93. The normalized spacial score (nSPS) is 12.9. The van der Waals surface area contributed by atoms with Crippen LogP contribution in [0.25, 0.3) is 16.9 Å². The standard InChI is InChI=1S/C27H32FN3O3/c1-16(2)34-23-15-21-17(14-22(23)33-7)8-13-20-24(26(32)30(6)27(3,4)5)29-31(25(20)21)19-11-9-18(28)10-12-19/h9-12,14-16H,8,13H2,1-7H3. The van der Waals surface area contributed by atoms with E-state index in [0.717, 1.165) is 28.8 Å². The number of nitrogens with zero attached hydrogens (tertiary/aromatic N) is 3. The molecule has 0 aliphatic heterocycles. The zero-order valence-electron chi connectivity index (χ0n) is 20.9. The predicted octanol–water partition coefficient (Wildman–Crippen LogP) is 5.44. The highest BCUT2D eigenvalue weighted by Gasteiger charge is 2.33. The molecule has 180 valence electrons. The van der Waals surface area contributed by atoms with E-state index in [1.54, 1.807) is 35.9 Å². The van der Waals surface area contributed by atoms with Crippen molar-refractivity contribution in [3.05, 3.63) is 59.0 Å². The molecule has 0 bridgehead atoms. The molecule has 1 aliphatic carbocycles. The van der Waals surface area contributed by atoms with Gasteiger partial charge in [-0.15, -0.1) is 0 Å². The van der Waals surface area contributed by atoms with Gasteiger partial charge in [0.2, 0.25) is 0 Å². The van der Waals surface area contributed by atoms with E-state index in [0.29, 0.717) is 29.3 Å². The zero-order chi connectivity index (χ0) is 24.8. The van der Waals surface area contributed by atoms with Crippen LogP contribution in [0.1, 0.15) is 56.2 Å². The smallest absolute Gasteiger partial charge is 0.274 e. The van der Waals surface area contributed by atoms with Gasteiger partial charge in [-0.2, -0.15) is 5.10 Å². The number of fused-ring (bicyclic) bond motifs is 3. The lowest BCUT2D eigenvalue weighted by Gasteiger charge is -2.31. The number of carbonyl (C=O) groups excluding carboxylic acids is 1. The van der Waals surface area contributed by atoms with Gasteiger partial charge >= 0.3 is 0 Å². The topological polar surface area (TPSA) is 56.6 Å². The van der Waals surface area contributed by atoms with Gasteiger partial charge in [-0.3, -0.25) is 4.79 Å². The Balaban J connectivity index is 1.96. The number of ether oxygens (including phenoxy) is 2. The summed E-state index contributed by atoms with van der Waals surface area (Å²) < 4.78 is 27.1. The second kappa shape index (κ2) is 8.78. The summed E-state index contributed by atoms with van der Waals surface area (Å²) in [6.45, 7) is 9.90. The molecule has 7 heteroatoms. The van der Waals surface area contributed by atoms with Crippen LogP contribution in [-0.4, -0.2) is 46.4 Å². The molecule has 1 amide bonds. The summed E-state index contributed by atoms with van der Waals surface area (Å²) >= 11 is 0. The molecule has 34 heavy (non-hydrogen) atoms. The van der Waals surface area contributed by atoms with Crippen molar-refractivity contribution in [3.8, 4) is 28.4 Å². The number of halogens is 1. The second-order valence-corrected chi connectivity index (χ2v) is 9.93. The van der Waals surface area contributed by atoms with Crippen molar-refractivity contribution in [3.63, 3.8) is 0 Å². The molecule has 2 aromatic carbocycles. The number of aryl methyl sites for hydroxylation is 1. The minimum absolute atomic E-state index is 0.0328. The van der Waals surface area contributed by atoms with Crippen LogP contribution < -0.4 is 9.47 Å². The van der Waals surface area contributed by atoms with E-state index in [9.17, 15) is 9.18 Å². The Kier molecular flexibility index (Phi) is 6.14. The minimum atomic E-state index is -0.359. The first-order valence-corrected chi connectivity index (χ1v) is 11.5. The van der Waals surface area contributed by atoms with Crippen LogP contribution in [0.15, 0.2) is 36.4 Å². The van der Waals surface area contributed by atoms with Crippen LogP contribution >= 0.6 is 0 Å². The van der Waals surface area contributed by atoms with E-state index >= 15 is 0 Å². The van der Waals surface area contributed by atoms with Gasteiger partial charge in [0, 0.05) is 23.7 Å². The lowest BCUT2D eigenvalue weighted by atomic mass is 9.88. The van der Waals surface area contributed by atoms with E-state index in [1.807, 2.05) is 46.8 Å². The highest BCUT2D eigenvalue weighted by Crippen LogP contribution is 2.43. The van der Waals surface area contributed by atoms with Crippen molar-refractivity contribution < 1.29 is 18.7 Å². The van der Waals surface area contributed by atoms with Crippen LogP contribution in [0, 0.1) is 5.82 Å². The molecule has 4 rings (SSSR count). The Morgan fingerprint density at radius 3 is 2.38 bits per heavy atom. The van der Waals surface area contributed by atoms with Gasteiger partial charge in [-0.25, -0.2) is 9.07 Å². The molecular weight excluding hydrogens is 433 g/mol. The Morgan fingerprint density at radius 1 is 1.12 bits per heavy atom. The maximum absolute atomic E-state index is 13.7. The number of rotatable bonds is 5. The highest BCUT2D eigenvalue weighted by molar-refractivity contribution is 5.97. The molecule has 0 unspecified atom stereocenters. The van der Waals surface area contributed by atoms with Crippen LogP contribution in [0.2, 0.25) is 0 Å². The molecule has 3 aromatic rings. The van der Waals surface area contributed by atoms with Crippen LogP contribution in [-0.2, 0) is 12.8 Å². The fraction of sp³-hybridized carbons (Fsp3) is 0.407. The molecule has 6 nitrogen and oxygen atoms in total. The van der Waals surface area contributed by atoms with Crippen molar-refractivity contribution in [2.45, 2.75) is 59.1 Å². The number of hydrogen-bond acceptors (Lipinski definition) is 4. The van der Waals surface area contributed by atoms with E-state index < -0.39 is 0 Å². The maximum atomic E-state index is 13.7. The Hall–Kier alpha value is -3.35. The first kappa shape index (κ1) is 23.8. The summed E-state index contributed by atoms with van der Waals surface area (Å²) in [5.74, 6) is 0.842. The molecule has 1 aromatic heterocycles. The molecule has 0 spiro atoms. The van der Waals surface area contributed by atoms with Crippen molar-refractivity contribution in [1.82, 2.24) is 14.7 Å². The molecule has 0 N–H and O–H groups in total. The molecule has 0 radical (unpaired) electrons. The van der Waals surface area contributed by atoms with Crippen molar-refractivity contribution >= 4 is 5.91 Å².